The molecule has 75 heavy (non-hydrogen) atoms. The first-order valence-corrected chi connectivity index (χ1v) is 34.6. The first-order valence-electron chi connectivity index (χ1n) is 34.6. The van der Waals surface area contributed by atoms with Gasteiger partial charge in [-0.3, -0.25) is 4.79 Å². The summed E-state index contributed by atoms with van der Waals surface area (Å²) in [5, 5.41) is 44.3. The first kappa shape index (κ1) is 74.0. The summed E-state index contributed by atoms with van der Waals surface area (Å²) in [6.45, 7) is 4.12. The Morgan fingerprint density at radius 1 is 0.320 bits per heavy atom. The molecule has 0 heterocycles. The number of rotatable bonds is 65. The van der Waals surface area contributed by atoms with Crippen LogP contribution in [0, 0.1) is 0 Å². The summed E-state index contributed by atoms with van der Waals surface area (Å²) in [5.41, 5.74) is 0. The second kappa shape index (κ2) is 63.9. The smallest absolute Gasteiger partial charge is 0.249 e. The molecule has 4 unspecified atom stereocenters. The third-order valence-corrected chi connectivity index (χ3v) is 16.7. The molecule has 448 valence electrons. The van der Waals surface area contributed by atoms with Crippen LogP contribution in [0.15, 0.2) is 12.2 Å². The van der Waals surface area contributed by atoms with E-state index < -0.39 is 36.9 Å². The van der Waals surface area contributed by atoms with Crippen molar-refractivity contribution >= 4 is 5.91 Å². The summed E-state index contributed by atoms with van der Waals surface area (Å²) in [6, 6.07) is -0.984. The average Bonchev–Trinajstić information content (AvgIpc) is 3.42. The topological polar surface area (TPSA) is 110 Å². The summed E-state index contributed by atoms with van der Waals surface area (Å²) in [5.74, 6) is -0.575. The fourth-order valence-electron chi connectivity index (χ4n) is 11.3. The summed E-state index contributed by atoms with van der Waals surface area (Å²) >= 11 is 0. The third kappa shape index (κ3) is 57.5. The molecule has 0 spiro atoms. The predicted molar refractivity (Wildman–Crippen MR) is 330 cm³/mol. The van der Waals surface area contributed by atoms with Gasteiger partial charge in [-0.25, -0.2) is 0 Å². The molecule has 0 fully saturated rings. The molecule has 0 aliphatic rings. The van der Waals surface area contributed by atoms with Crippen LogP contribution in [0.5, 0.6) is 0 Å². The number of carbonyl (C=O) groups excluding carboxylic acids is 1. The minimum absolute atomic E-state index is 0.374. The van der Waals surface area contributed by atoms with Crippen molar-refractivity contribution in [2.45, 2.75) is 417 Å². The molecule has 0 saturated heterocycles. The van der Waals surface area contributed by atoms with E-state index >= 15 is 0 Å². The summed E-state index contributed by atoms with van der Waals surface area (Å²) in [7, 11) is 0. The van der Waals surface area contributed by atoms with Crippen LogP contribution in [0.2, 0.25) is 0 Å². The highest BCUT2D eigenvalue weighted by atomic mass is 16.3. The molecule has 5 N–H and O–H groups in total. The Balaban J connectivity index is 3.53. The maximum absolute atomic E-state index is 12.7. The van der Waals surface area contributed by atoms with E-state index in [4.69, 9.17) is 0 Å². The van der Waals surface area contributed by atoms with E-state index in [2.05, 4.69) is 31.3 Å². The zero-order valence-corrected chi connectivity index (χ0v) is 51.1. The normalized spacial score (nSPS) is 13.5. The van der Waals surface area contributed by atoms with E-state index in [-0.39, 0.29) is 0 Å². The number of amides is 1. The quantitative estimate of drug-likeness (QED) is 0.0308. The number of hydrogen-bond acceptors (Lipinski definition) is 5. The van der Waals surface area contributed by atoms with Crippen LogP contribution in [-0.2, 0) is 4.79 Å². The molecule has 0 aromatic heterocycles. The maximum atomic E-state index is 12.7. The molecule has 0 bridgehead atoms. The van der Waals surface area contributed by atoms with Gasteiger partial charge in [-0.05, 0) is 38.5 Å². The molecular weight excluding hydrogens is 923 g/mol. The number of aliphatic hydroxyl groups excluding tert-OH is 4. The van der Waals surface area contributed by atoms with Crippen LogP contribution in [0.25, 0.3) is 0 Å². The van der Waals surface area contributed by atoms with Gasteiger partial charge in [0.25, 0.3) is 0 Å². The van der Waals surface area contributed by atoms with Crippen LogP contribution in [0.1, 0.15) is 393 Å². The Kier molecular flexibility index (Phi) is 63.1. The van der Waals surface area contributed by atoms with E-state index in [9.17, 15) is 25.2 Å². The van der Waals surface area contributed by atoms with Crippen molar-refractivity contribution in [1.29, 1.82) is 0 Å². The molecule has 0 aliphatic heterocycles. The minimum Gasteiger partial charge on any atom is -0.394 e. The molecule has 6 nitrogen and oxygen atoms in total. The summed E-state index contributed by atoms with van der Waals surface area (Å²) in [4.78, 5) is 12.7. The lowest BCUT2D eigenvalue weighted by atomic mass is 9.99. The van der Waals surface area contributed by atoms with Crippen molar-refractivity contribution in [2.75, 3.05) is 6.61 Å². The van der Waals surface area contributed by atoms with Crippen LogP contribution >= 0.6 is 0 Å². The van der Waals surface area contributed by atoms with Crippen molar-refractivity contribution in [2.24, 2.45) is 0 Å². The highest BCUT2D eigenvalue weighted by Crippen LogP contribution is 2.20. The van der Waals surface area contributed by atoms with Gasteiger partial charge in [0.1, 0.15) is 12.2 Å². The number of allylic oxidation sites excluding steroid dienone is 2. The fourth-order valence-corrected chi connectivity index (χ4v) is 11.3. The summed E-state index contributed by atoms with van der Waals surface area (Å²) < 4.78 is 0. The molecule has 0 aromatic rings. The van der Waals surface area contributed by atoms with Crippen LogP contribution < -0.4 is 5.32 Å². The van der Waals surface area contributed by atoms with E-state index in [1.165, 1.54) is 327 Å². The first-order chi connectivity index (χ1) is 37.0. The maximum Gasteiger partial charge on any atom is 0.249 e. The van der Waals surface area contributed by atoms with Crippen molar-refractivity contribution < 1.29 is 25.2 Å². The van der Waals surface area contributed by atoms with Crippen molar-refractivity contribution in [3.05, 3.63) is 12.2 Å². The third-order valence-electron chi connectivity index (χ3n) is 16.7. The van der Waals surface area contributed by atoms with Gasteiger partial charge in [-0.15, -0.1) is 0 Å². The highest BCUT2D eigenvalue weighted by molar-refractivity contribution is 5.80. The lowest BCUT2D eigenvalue weighted by molar-refractivity contribution is -0.132. The number of nitrogens with one attached hydrogen (secondary N) is 1. The Labute approximate surface area is 470 Å². The second-order valence-electron chi connectivity index (χ2n) is 24.2. The zero-order valence-electron chi connectivity index (χ0n) is 51.1. The van der Waals surface area contributed by atoms with E-state index in [1.54, 1.807) is 0 Å². The van der Waals surface area contributed by atoms with E-state index in [0.29, 0.717) is 12.8 Å². The number of carbonyl (C=O) groups is 1. The Bertz CT molecular complexity index is 1100. The van der Waals surface area contributed by atoms with Crippen LogP contribution in [0.3, 0.4) is 0 Å². The molecular formula is C69H137NO5. The molecule has 6 heteroatoms. The minimum atomic E-state index is -1.26. The van der Waals surface area contributed by atoms with Crippen LogP contribution in [-0.4, -0.2) is 57.3 Å². The Morgan fingerprint density at radius 2 is 0.533 bits per heavy atom. The van der Waals surface area contributed by atoms with Crippen molar-refractivity contribution in [1.82, 2.24) is 5.32 Å². The largest absolute Gasteiger partial charge is 0.394 e. The molecule has 0 saturated carbocycles. The number of hydrogen-bond donors (Lipinski definition) is 5. The van der Waals surface area contributed by atoms with Crippen molar-refractivity contribution in [3.63, 3.8) is 0 Å². The molecule has 0 rings (SSSR count). The monoisotopic (exact) mass is 1060 g/mol. The molecule has 0 aliphatic carbocycles. The Hall–Kier alpha value is -0.950. The molecule has 0 aromatic carbocycles. The lowest BCUT2D eigenvalue weighted by Gasteiger charge is -2.27. The lowest BCUT2D eigenvalue weighted by Crippen LogP contribution is -2.53. The molecule has 4 atom stereocenters. The van der Waals surface area contributed by atoms with Gasteiger partial charge in [0.2, 0.25) is 5.91 Å². The fraction of sp³-hybridized carbons (Fsp3) is 0.957. The predicted octanol–water partition coefficient (Wildman–Crippen LogP) is 21.2. The summed E-state index contributed by atoms with van der Waals surface area (Å²) in [6.07, 6.45) is 79.0. The Morgan fingerprint density at radius 3 is 0.773 bits per heavy atom. The molecule has 0 radical (unpaired) electrons. The molecule has 1 amide bonds. The van der Waals surface area contributed by atoms with Gasteiger partial charge < -0.3 is 25.7 Å². The zero-order chi connectivity index (χ0) is 54.4. The van der Waals surface area contributed by atoms with Gasteiger partial charge in [0, 0.05) is 0 Å². The van der Waals surface area contributed by atoms with Gasteiger partial charge in [-0.2, -0.15) is 0 Å². The SMILES string of the molecule is CCCCCCCCCCCCCC/C=C\CCCCCCCCCCCCCCCCC(O)C(=O)NC(CO)C(O)C(O)CCCCCCCCCCCCCCCCCCCCCCCCCCCCCCC. The average molecular weight is 1060 g/mol. The van der Waals surface area contributed by atoms with Crippen LogP contribution in [0.4, 0.5) is 0 Å². The standard InChI is InChI=1S/C69H137NO5/c1-3-5-7-9-11-13-15-17-19-21-23-25-27-29-31-33-35-37-39-41-43-45-47-49-51-53-55-57-59-61-63-67(73)69(75)70-65(64-71)68(74)66(72)62-60-58-56-54-52-50-48-46-44-42-40-38-36-34-32-30-28-26-24-22-20-18-16-14-12-10-8-6-4-2/h29,31,65-68,71-74H,3-28,30,32-64H2,1-2H3,(H,70,75)/b31-29-. The van der Waals surface area contributed by atoms with Gasteiger partial charge in [0.15, 0.2) is 0 Å². The van der Waals surface area contributed by atoms with Gasteiger partial charge in [-0.1, -0.05) is 366 Å². The van der Waals surface area contributed by atoms with E-state index in [1.807, 2.05) is 0 Å². The van der Waals surface area contributed by atoms with Gasteiger partial charge >= 0.3 is 0 Å². The van der Waals surface area contributed by atoms with Gasteiger partial charge in [0.05, 0.1) is 18.8 Å². The van der Waals surface area contributed by atoms with Crippen molar-refractivity contribution in [3.8, 4) is 0 Å². The van der Waals surface area contributed by atoms with E-state index in [0.717, 1.165) is 38.5 Å². The number of aliphatic hydroxyl groups is 4. The number of unbranched alkanes of at least 4 members (excludes halogenated alkanes) is 54. The second-order valence-corrected chi connectivity index (χ2v) is 24.2. The highest BCUT2D eigenvalue weighted by Gasteiger charge is 2.28.